The van der Waals surface area contributed by atoms with Gasteiger partial charge in [-0.05, 0) is 7.05 Å². The van der Waals surface area contributed by atoms with E-state index in [1.54, 1.807) is 0 Å². The summed E-state index contributed by atoms with van der Waals surface area (Å²) in [5.74, 6) is -0.992. The van der Waals surface area contributed by atoms with Crippen molar-refractivity contribution in [1.82, 2.24) is 15.1 Å². The van der Waals surface area contributed by atoms with Crippen molar-refractivity contribution in [2.75, 3.05) is 33.4 Å². The van der Waals surface area contributed by atoms with Crippen molar-refractivity contribution in [3.05, 3.63) is 17.5 Å². The van der Waals surface area contributed by atoms with Crippen LogP contribution in [0.25, 0.3) is 0 Å². The summed E-state index contributed by atoms with van der Waals surface area (Å²) in [6, 6.07) is 0. The fourth-order valence-corrected chi connectivity index (χ4v) is 1.96. The molecule has 0 aromatic carbocycles. The van der Waals surface area contributed by atoms with Crippen LogP contribution in [-0.2, 0) is 16.0 Å². The van der Waals surface area contributed by atoms with E-state index in [0.29, 0.717) is 38.5 Å². The van der Waals surface area contributed by atoms with Gasteiger partial charge in [-0.15, -0.1) is 0 Å². The highest BCUT2D eigenvalue weighted by molar-refractivity contribution is 5.86. The van der Waals surface area contributed by atoms with Crippen LogP contribution in [0.15, 0.2) is 6.20 Å². The molecule has 100 valence electrons. The van der Waals surface area contributed by atoms with Crippen LogP contribution in [0.4, 0.5) is 0 Å². The van der Waals surface area contributed by atoms with Gasteiger partial charge < -0.3 is 14.6 Å². The van der Waals surface area contributed by atoms with Crippen LogP contribution in [-0.4, -0.2) is 65.7 Å². The molecular formula is C11H17N3O4. The van der Waals surface area contributed by atoms with Crippen LogP contribution < -0.4 is 0 Å². The Balaban J connectivity index is 1.88. The minimum atomic E-state index is -0.992. The minimum Gasteiger partial charge on any atom is -0.477 e. The predicted octanol–water partition coefficient (Wildman–Crippen LogP) is -0.0449. The van der Waals surface area contributed by atoms with Crippen LogP contribution in [0.1, 0.15) is 16.1 Å². The van der Waals surface area contributed by atoms with Crippen molar-refractivity contribution in [2.45, 2.75) is 12.6 Å². The summed E-state index contributed by atoms with van der Waals surface area (Å²) < 4.78 is 10.9. The van der Waals surface area contributed by atoms with Gasteiger partial charge >= 0.3 is 5.97 Å². The van der Waals surface area contributed by atoms with E-state index < -0.39 is 5.97 Å². The fraction of sp³-hybridized carbons (Fsp3) is 0.636. The number of nitrogens with zero attached hydrogens (tertiary/aromatic N) is 2. The molecule has 0 bridgehead atoms. The largest absolute Gasteiger partial charge is 0.477 e. The van der Waals surface area contributed by atoms with Gasteiger partial charge in [0.25, 0.3) is 0 Å². The van der Waals surface area contributed by atoms with Gasteiger partial charge in [0.15, 0.2) is 0 Å². The lowest BCUT2D eigenvalue weighted by molar-refractivity contribution is -0.0962. The number of carbonyl (C=O) groups is 1. The summed E-state index contributed by atoms with van der Waals surface area (Å²) in [5.41, 5.74) is 0.810. The van der Waals surface area contributed by atoms with Gasteiger partial charge in [-0.25, -0.2) is 4.79 Å². The zero-order valence-electron chi connectivity index (χ0n) is 10.3. The smallest absolute Gasteiger partial charge is 0.354 e. The van der Waals surface area contributed by atoms with Crippen molar-refractivity contribution >= 4 is 5.97 Å². The maximum absolute atomic E-state index is 10.9. The Kier molecular flexibility index (Phi) is 4.29. The zero-order chi connectivity index (χ0) is 13.0. The van der Waals surface area contributed by atoms with Crippen molar-refractivity contribution in [3.63, 3.8) is 0 Å². The Morgan fingerprint density at radius 1 is 1.67 bits per heavy atom. The molecule has 0 aliphatic carbocycles. The number of aromatic carboxylic acids is 1. The first-order valence-corrected chi connectivity index (χ1v) is 5.80. The number of aromatic amines is 1. The van der Waals surface area contributed by atoms with Gasteiger partial charge in [0.05, 0.1) is 32.1 Å². The molecule has 2 heterocycles. The minimum absolute atomic E-state index is 0.0453. The second kappa shape index (κ2) is 5.94. The van der Waals surface area contributed by atoms with Gasteiger partial charge in [0.1, 0.15) is 5.69 Å². The van der Waals surface area contributed by atoms with Crippen LogP contribution in [0, 0.1) is 0 Å². The molecule has 0 saturated carbocycles. The Hall–Kier alpha value is -1.44. The normalized spacial score (nSPS) is 20.2. The number of hydrogen-bond acceptors (Lipinski definition) is 5. The van der Waals surface area contributed by atoms with E-state index >= 15 is 0 Å². The van der Waals surface area contributed by atoms with Crippen molar-refractivity contribution in [2.24, 2.45) is 0 Å². The molecule has 1 aliphatic heterocycles. The first-order valence-electron chi connectivity index (χ1n) is 5.80. The summed E-state index contributed by atoms with van der Waals surface area (Å²) in [6.45, 7) is 3.06. The van der Waals surface area contributed by atoms with Gasteiger partial charge in [0.2, 0.25) is 0 Å². The molecule has 1 aromatic heterocycles. The van der Waals surface area contributed by atoms with Crippen molar-refractivity contribution in [1.29, 1.82) is 0 Å². The number of aromatic nitrogens is 2. The first kappa shape index (κ1) is 13.0. The third-order valence-corrected chi connectivity index (χ3v) is 2.77. The highest BCUT2D eigenvalue weighted by Crippen LogP contribution is 2.09. The maximum atomic E-state index is 10.9. The number of carboxylic acid groups (broad SMARTS) is 1. The van der Waals surface area contributed by atoms with Crippen LogP contribution in [0.2, 0.25) is 0 Å². The lowest BCUT2D eigenvalue weighted by Gasteiger charge is -2.27. The second-order valence-corrected chi connectivity index (χ2v) is 4.34. The third kappa shape index (κ3) is 3.28. The molecule has 1 saturated heterocycles. The second-order valence-electron chi connectivity index (χ2n) is 4.34. The van der Waals surface area contributed by atoms with E-state index in [1.807, 2.05) is 11.9 Å². The highest BCUT2D eigenvalue weighted by Gasteiger charge is 2.19. The summed E-state index contributed by atoms with van der Waals surface area (Å²) in [6.07, 6.45) is 1.59. The van der Waals surface area contributed by atoms with Crippen LogP contribution in [0.3, 0.4) is 0 Å². The summed E-state index contributed by atoms with van der Waals surface area (Å²) >= 11 is 0. The predicted molar refractivity (Wildman–Crippen MR) is 62.4 cm³/mol. The average Bonchev–Trinajstić information content (AvgIpc) is 2.78. The van der Waals surface area contributed by atoms with Crippen molar-refractivity contribution in [3.8, 4) is 0 Å². The maximum Gasteiger partial charge on any atom is 0.354 e. The topological polar surface area (TPSA) is 87.7 Å². The number of rotatable bonds is 5. The number of carboxylic acids is 1. The van der Waals surface area contributed by atoms with Gasteiger partial charge in [-0.2, -0.15) is 5.10 Å². The quantitative estimate of drug-likeness (QED) is 0.767. The molecule has 1 aromatic rings. The van der Waals surface area contributed by atoms with E-state index in [9.17, 15) is 4.79 Å². The summed E-state index contributed by atoms with van der Waals surface area (Å²) in [7, 11) is 1.91. The van der Waals surface area contributed by atoms with E-state index in [2.05, 4.69) is 10.2 Å². The number of ether oxygens (including phenoxy) is 2. The Bertz CT molecular complexity index is 401. The average molecular weight is 255 g/mol. The molecule has 0 unspecified atom stereocenters. The Morgan fingerprint density at radius 3 is 3.17 bits per heavy atom. The Morgan fingerprint density at radius 2 is 2.50 bits per heavy atom. The molecule has 18 heavy (non-hydrogen) atoms. The summed E-state index contributed by atoms with van der Waals surface area (Å²) in [5, 5.41) is 15.2. The van der Waals surface area contributed by atoms with Gasteiger partial charge in [-0.1, -0.05) is 0 Å². The first-order chi connectivity index (χ1) is 8.66. The van der Waals surface area contributed by atoms with E-state index in [0.717, 1.165) is 0 Å². The molecule has 0 spiro atoms. The molecule has 1 aliphatic rings. The van der Waals surface area contributed by atoms with E-state index in [4.69, 9.17) is 14.6 Å². The number of likely N-dealkylation sites (N-methyl/N-ethyl adjacent to an activating group) is 1. The number of hydrogen-bond donors (Lipinski definition) is 2. The lowest BCUT2D eigenvalue weighted by Crippen LogP contribution is -2.38. The molecule has 1 fully saturated rings. The molecule has 0 amide bonds. The molecular weight excluding hydrogens is 238 g/mol. The fourth-order valence-electron chi connectivity index (χ4n) is 1.96. The molecule has 1 atom stereocenters. The highest BCUT2D eigenvalue weighted by atomic mass is 16.6. The number of nitrogens with one attached hydrogen (secondary N) is 1. The SMILES string of the molecule is CN(Cc1cn[nH]c1C(=O)O)C[C@@H]1COCCO1. The molecule has 7 nitrogen and oxygen atoms in total. The van der Waals surface area contributed by atoms with E-state index in [1.165, 1.54) is 6.20 Å². The van der Waals surface area contributed by atoms with Crippen LogP contribution in [0.5, 0.6) is 0 Å². The molecule has 2 rings (SSSR count). The lowest BCUT2D eigenvalue weighted by atomic mass is 10.2. The Labute approximate surface area is 105 Å². The van der Waals surface area contributed by atoms with Gasteiger partial charge in [-0.3, -0.25) is 10.00 Å². The molecule has 7 heteroatoms. The third-order valence-electron chi connectivity index (χ3n) is 2.77. The number of H-pyrrole nitrogens is 1. The van der Waals surface area contributed by atoms with E-state index in [-0.39, 0.29) is 11.8 Å². The molecule has 2 N–H and O–H groups in total. The van der Waals surface area contributed by atoms with Crippen LogP contribution >= 0.6 is 0 Å². The standard InChI is InChI=1S/C11H17N3O4/c1-14(6-9-7-17-2-3-18-9)5-8-4-12-13-10(8)11(15)16/h4,9H,2-3,5-7H2,1H3,(H,12,13)(H,15,16)/t9-/m1/s1. The summed E-state index contributed by atoms with van der Waals surface area (Å²) in [4.78, 5) is 12.9. The van der Waals surface area contributed by atoms with Crippen molar-refractivity contribution < 1.29 is 19.4 Å². The zero-order valence-corrected chi connectivity index (χ0v) is 10.3. The monoisotopic (exact) mass is 255 g/mol. The molecule has 0 radical (unpaired) electrons. The van der Waals surface area contributed by atoms with Gasteiger partial charge in [0, 0.05) is 18.7 Å².